The Morgan fingerprint density at radius 3 is 1.30 bits per heavy atom. The minimum absolute atomic E-state index is 0.00472. The zero-order valence-corrected chi connectivity index (χ0v) is 29.8. The van der Waals surface area contributed by atoms with E-state index < -0.39 is 44.9 Å². The van der Waals surface area contributed by atoms with Crippen LogP contribution in [-0.2, 0) is 21.4 Å². The first-order valence-corrected chi connectivity index (χ1v) is 17.2. The number of aliphatic carboxylic acids is 2. The fourth-order valence-electron chi connectivity index (χ4n) is 10.8. The zero-order chi connectivity index (χ0) is 35.1. The average molecular weight is 651 g/mol. The highest BCUT2D eigenvalue weighted by atomic mass is 16.4. The SMILES string of the molecule is CC1(C)CC(C(c2ccccc2)(C2CC(C)(C)N(CCO)C(C)(C)C2)C(Cc2ccccc2)(C(=O)O)C(=O)O)CC(C)(C)N1CCO. The maximum atomic E-state index is 14.3. The Kier molecular flexibility index (Phi) is 10.5. The molecular formula is C39H58N2O6. The Hall–Kier alpha value is -2.78. The minimum atomic E-state index is -2.22. The van der Waals surface area contributed by atoms with E-state index in [4.69, 9.17) is 0 Å². The number of piperidine rings is 2. The van der Waals surface area contributed by atoms with Gasteiger partial charge in [-0.05, 0) is 104 Å². The topological polar surface area (TPSA) is 122 Å². The number of likely N-dealkylation sites (tertiary alicyclic amines) is 2. The number of carboxylic acids is 2. The van der Waals surface area contributed by atoms with Crippen LogP contribution in [-0.4, -0.2) is 90.6 Å². The first-order valence-electron chi connectivity index (χ1n) is 17.2. The summed E-state index contributed by atoms with van der Waals surface area (Å²) in [7, 11) is 0. The van der Waals surface area contributed by atoms with Crippen molar-refractivity contribution in [3.8, 4) is 0 Å². The molecular weight excluding hydrogens is 592 g/mol. The summed E-state index contributed by atoms with van der Waals surface area (Å²) >= 11 is 0. The van der Waals surface area contributed by atoms with Gasteiger partial charge in [0.1, 0.15) is 0 Å². The van der Waals surface area contributed by atoms with Crippen LogP contribution < -0.4 is 0 Å². The summed E-state index contributed by atoms with van der Waals surface area (Å²) in [6.07, 6.45) is 2.06. The van der Waals surface area contributed by atoms with Crippen LogP contribution in [0.3, 0.4) is 0 Å². The van der Waals surface area contributed by atoms with Gasteiger partial charge in [-0.2, -0.15) is 0 Å². The molecule has 0 amide bonds. The van der Waals surface area contributed by atoms with Gasteiger partial charge in [0, 0.05) is 47.1 Å². The molecule has 8 heteroatoms. The van der Waals surface area contributed by atoms with Crippen LogP contribution in [0.2, 0.25) is 0 Å². The molecule has 8 nitrogen and oxygen atoms in total. The van der Waals surface area contributed by atoms with Crippen molar-refractivity contribution in [3.63, 3.8) is 0 Å². The van der Waals surface area contributed by atoms with Crippen molar-refractivity contribution in [1.82, 2.24) is 9.80 Å². The van der Waals surface area contributed by atoms with Crippen molar-refractivity contribution in [1.29, 1.82) is 0 Å². The maximum Gasteiger partial charge on any atom is 0.322 e. The van der Waals surface area contributed by atoms with E-state index in [-0.39, 0.29) is 31.5 Å². The van der Waals surface area contributed by atoms with Crippen molar-refractivity contribution in [2.45, 2.75) is 115 Å². The number of hydrogen-bond acceptors (Lipinski definition) is 6. The number of hydrogen-bond donors (Lipinski definition) is 4. The van der Waals surface area contributed by atoms with E-state index in [2.05, 4.69) is 65.2 Å². The molecule has 2 aromatic rings. The highest BCUT2D eigenvalue weighted by Gasteiger charge is 2.71. The van der Waals surface area contributed by atoms with Crippen LogP contribution in [0.25, 0.3) is 0 Å². The molecule has 4 rings (SSSR count). The molecule has 4 N–H and O–H groups in total. The fraction of sp³-hybridized carbons (Fsp3) is 0.641. The van der Waals surface area contributed by atoms with Crippen molar-refractivity contribution in [2.24, 2.45) is 17.3 Å². The predicted octanol–water partition coefficient (Wildman–Crippen LogP) is 5.85. The lowest BCUT2D eigenvalue weighted by atomic mass is 9.42. The summed E-state index contributed by atoms with van der Waals surface area (Å²) in [6, 6.07) is 18.9. The molecule has 2 saturated heterocycles. The number of carboxylic acid groups (broad SMARTS) is 2. The third-order valence-corrected chi connectivity index (χ3v) is 11.8. The number of rotatable bonds is 12. The zero-order valence-electron chi connectivity index (χ0n) is 29.8. The Morgan fingerprint density at radius 2 is 0.979 bits per heavy atom. The molecule has 0 saturated carbocycles. The van der Waals surface area contributed by atoms with Crippen LogP contribution in [0, 0.1) is 17.3 Å². The molecule has 2 aromatic carbocycles. The Balaban J connectivity index is 2.17. The number of nitrogens with zero attached hydrogens (tertiary/aromatic N) is 2. The van der Waals surface area contributed by atoms with Crippen molar-refractivity contribution >= 4 is 11.9 Å². The molecule has 0 radical (unpaired) electrons. The summed E-state index contributed by atoms with van der Waals surface area (Å²) in [4.78, 5) is 33.2. The van der Waals surface area contributed by atoms with Gasteiger partial charge in [-0.25, -0.2) is 0 Å². The van der Waals surface area contributed by atoms with Gasteiger partial charge < -0.3 is 20.4 Å². The standard InChI is InChI=1S/C39H58N2O6/c1-34(2)24-30(25-35(3,4)40(34)19-21-42)39(29-17-13-10-14-18-29,31-26-36(5,6)41(20-22-43)37(7,8)27-31)38(32(44)45,33(46)47)23-28-15-11-9-12-16-28/h9-18,30-31,42-43H,19-27H2,1-8H3,(H,44,45)(H,46,47). The van der Waals surface area contributed by atoms with Gasteiger partial charge in [-0.3, -0.25) is 19.4 Å². The fourth-order valence-corrected chi connectivity index (χ4v) is 10.8. The van der Waals surface area contributed by atoms with Crippen molar-refractivity contribution < 1.29 is 30.0 Å². The van der Waals surface area contributed by atoms with E-state index in [9.17, 15) is 30.0 Å². The normalized spacial score (nSPS) is 22.2. The quantitative estimate of drug-likeness (QED) is 0.211. The molecule has 0 bridgehead atoms. The van der Waals surface area contributed by atoms with E-state index in [1.54, 1.807) is 0 Å². The smallest absolute Gasteiger partial charge is 0.322 e. The Labute approximate surface area is 281 Å². The molecule has 2 heterocycles. The van der Waals surface area contributed by atoms with Crippen molar-refractivity contribution in [3.05, 3.63) is 71.8 Å². The lowest BCUT2D eigenvalue weighted by Crippen LogP contribution is -2.72. The van der Waals surface area contributed by atoms with Crippen LogP contribution in [0.4, 0.5) is 0 Å². The van der Waals surface area contributed by atoms with Gasteiger partial charge in [0.25, 0.3) is 0 Å². The van der Waals surface area contributed by atoms with Gasteiger partial charge in [0.2, 0.25) is 0 Å². The van der Waals surface area contributed by atoms with E-state index >= 15 is 0 Å². The van der Waals surface area contributed by atoms with E-state index in [0.717, 1.165) is 5.56 Å². The van der Waals surface area contributed by atoms with Crippen LogP contribution in [0.1, 0.15) is 92.2 Å². The summed E-state index contributed by atoms with van der Waals surface area (Å²) in [5.41, 5.74) is -4.00. The van der Waals surface area contributed by atoms with Crippen LogP contribution >= 0.6 is 0 Å². The maximum absolute atomic E-state index is 14.3. The Bertz CT molecular complexity index is 1290. The molecule has 0 aromatic heterocycles. The summed E-state index contributed by atoms with van der Waals surface area (Å²) < 4.78 is 0. The highest BCUT2D eigenvalue weighted by Crippen LogP contribution is 2.64. The number of aliphatic hydroxyl groups is 2. The lowest BCUT2D eigenvalue weighted by molar-refractivity contribution is -0.191. The van der Waals surface area contributed by atoms with Gasteiger partial charge in [-0.15, -0.1) is 0 Å². The molecule has 2 aliphatic rings. The second kappa shape index (κ2) is 13.3. The third-order valence-electron chi connectivity index (χ3n) is 11.8. The molecule has 0 spiro atoms. The largest absolute Gasteiger partial charge is 0.480 e. The van der Waals surface area contributed by atoms with Crippen molar-refractivity contribution in [2.75, 3.05) is 26.3 Å². The van der Waals surface area contributed by atoms with E-state index in [1.807, 2.05) is 60.7 Å². The van der Waals surface area contributed by atoms with Gasteiger partial charge >= 0.3 is 11.9 Å². The summed E-state index contributed by atoms with van der Waals surface area (Å²) in [5, 5.41) is 43.5. The van der Waals surface area contributed by atoms with E-state index in [0.29, 0.717) is 44.3 Å². The van der Waals surface area contributed by atoms with Gasteiger partial charge in [0.05, 0.1) is 13.2 Å². The second-order valence-electron chi connectivity index (χ2n) is 16.6. The molecule has 2 fully saturated rings. The first kappa shape index (κ1) is 37.0. The average Bonchev–Trinajstić information content (AvgIpc) is 2.96. The third kappa shape index (κ3) is 6.39. The number of benzene rings is 2. The lowest BCUT2D eigenvalue weighted by Gasteiger charge is -2.66. The molecule has 47 heavy (non-hydrogen) atoms. The molecule has 0 atom stereocenters. The number of carbonyl (C=O) groups is 2. The van der Waals surface area contributed by atoms with Gasteiger partial charge in [-0.1, -0.05) is 60.7 Å². The molecule has 0 unspecified atom stereocenters. The minimum Gasteiger partial charge on any atom is -0.480 e. The molecule has 260 valence electrons. The summed E-state index contributed by atoms with van der Waals surface area (Å²) in [6.45, 7) is 18.1. The molecule has 0 aliphatic carbocycles. The van der Waals surface area contributed by atoms with Gasteiger partial charge in [0.15, 0.2) is 5.41 Å². The number of aliphatic hydroxyl groups excluding tert-OH is 2. The first-order chi connectivity index (χ1) is 21.8. The Morgan fingerprint density at radius 1 is 0.638 bits per heavy atom. The highest BCUT2D eigenvalue weighted by molar-refractivity contribution is 6.01. The van der Waals surface area contributed by atoms with Crippen LogP contribution in [0.5, 0.6) is 0 Å². The van der Waals surface area contributed by atoms with Crippen LogP contribution in [0.15, 0.2) is 60.7 Å². The number of β-amino-alcohol motifs (C(OH)–C–C–N with tert-alkyl or cyclic N) is 2. The monoisotopic (exact) mass is 650 g/mol. The van der Waals surface area contributed by atoms with E-state index in [1.165, 1.54) is 0 Å². The summed E-state index contributed by atoms with van der Waals surface area (Å²) in [5.74, 6) is -3.33. The second-order valence-corrected chi connectivity index (χ2v) is 16.6. The molecule has 2 aliphatic heterocycles. The predicted molar refractivity (Wildman–Crippen MR) is 185 cm³/mol.